The second kappa shape index (κ2) is 10.1. The van der Waals surface area contributed by atoms with Gasteiger partial charge in [0, 0.05) is 25.0 Å². The first-order chi connectivity index (χ1) is 12.9. The molecule has 0 radical (unpaired) electrons. The minimum absolute atomic E-state index is 0.0503. The third-order valence-corrected chi connectivity index (χ3v) is 4.95. The molecule has 0 saturated carbocycles. The van der Waals surface area contributed by atoms with Gasteiger partial charge in [0.1, 0.15) is 6.04 Å². The van der Waals surface area contributed by atoms with Gasteiger partial charge in [0.05, 0.1) is 0 Å². The number of hydrogen-bond acceptors (Lipinski definition) is 2. The van der Waals surface area contributed by atoms with Crippen molar-refractivity contribution in [1.29, 1.82) is 0 Å². The van der Waals surface area contributed by atoms with Crippen LogP contribution < -0.4 is 5.32 Å². The molecule has 2 aromatic rings. The Balaban J connectivity index is 2.10. The maximum atomic E-state index is 12.9. The average molecular weight is 387 g/mol. The predicted molar refractivity (Wildman–Crippen MR) is 110 cm³/mol. The number of hydrogen-bond donors (Lipinski definition) is 1. The fourth-order valence-electron chi connectivity index (χ4n) is 2.96. The summed E-state index contributed by atoms with van der Waals surface area (Å²) in [6.07, 6.45) is 2.00. The Hall–Kier alpha value is -2.33. The van der Waals surface area contributed by atoms with Crippen LogP contribution >= 0.6 is 11.6 Å². The van der Waals surface area contributed by atoms with Crippen molar-refractivity contribution >= 4 is 23.4 Å². The highest BCUT2D eigenvalue weighted by atomic mass is 35.5. The minimum atomic E-state index is -0.552. The largest absolute Gasteiger partial charge is 0.357 e. The average Bonchev–Trinajstić information content (AvgIpc) is 2.69. The van der Waals surface area contributed by atoms with Crippen molar-refractivity contribution in [3.05, 3.63) is 70.2 Å². The van der Waals surface area contributed by atoms with Crippen LogP contribution in [0.3, 0.4) is 0 Å². The molecule has 2 rings (SSSR count). The number of carbonyl (C=O) groups excluding carboxylic acids is 2. The maximum Gasteiger partial charge on any atom is 0.242 e. The smallest absolute Gasteiger partial charge is 0.242 e. The quantitative estimate of drug-likeness (QED) is 0.745. The number of benzene rings is 2. The van der Waals surface area contributed by atoms with Crippen LogP contribution in [0, 0.1) is 0 Å². The van der Waals surface area contributed by atoms with Gasteiger partial charge < -0.3 is 10.2 Å². The fraction of sp³-hybridized carbons (Fsp3) is 0.364. The van der Waals surface area contributed by atoms with E-state index in [9.17, 15) is 9.59 Å². The normalized spacial score (nSPS) is 11.7. The van der Waals surface area contributed by atoms with Gasteiger partial charge in [-0.1, -0.05) is 54.9 Å². The number of carbonyl (C=O) groups is 2. The molecule has 5 heteroatoms. The topological polar surface area (TPSA) is 49.4 Å². The fourth-order valence-corrected chi connectivity index (χ4v) is 3.17. The zero-order chi connectivity index (χ0) is 19.8. The Morgan fingerprint density at radius 2 is 1.74 bits per heavy atom. The summed E-state index contributed by atoms with van der Waals surface area (Å²) in [5.74, 6) is -0.233. The van der Waals surface area contributed by atoms with Gasteiger partial charge >= 0.3 is 0 Å². The van der Waals surface area contributed by atoms with E-state index in [4.69, 9.17) is 11.6 Å². The Morgan fingerprint density at radius 3 is 2.33 bits per heavy atom. The molecule has 0 aliphatic heterocycles. The number of nitrogens with zero attached hydrogens (tertiary/aromatic N) is 1. The highest BCUT2D eigenvalue weighted by Gasteiger charge is 2.25. The monoisotopic (exact) mass is 386 g/mol. The molecular formula is C22H27ClN2O2. The lowest BCUT2D eigenvalue weighted by atomic mass is 10.0. The number of halogens is 1. The SMILES string of the molecule is CCc1ccc(CCC(=O)N(Cc2cccc(Cl)c2)[C@H](C)C(=O)NC)cc1. The molecule has 0 heterocycles. The van der Waals surface area contributed by atoms with Crippen molar-refractivity contribution in [3.63, 3.8) is 0 Å². The summed E-state index contributed by atoms with van der Waals surface area (Å²) in [5.41, 5.74) is 3.30. The predicted octanol–water partition coefficient (Wildman–Crippen LogP) is 4.00. The van der Waals surface area contributed by atoms with Crippen molar-refractivity contribution < 1.29 is 9.59 Å². The molecule has 0 bridgehead atoms. The van der Waals surface area contributed by atoms with Gasteiger partial charge in [0.2, 0.25) is 11.8 Å². The van der Waals surface area contributed by atoms with Gasteiger partial charge in [-0.25, -0.2) is 0 Å². The van der Waals surface area contributed by atoms with E-state index >= 15 is 0 Å². The molecule has 2 aromatic carbocycles. The van der Waals surface area contributed by atoms with Crippen LogP contribution in [-0.4, -0.2) is 29.8 Å². The van der Waals surface area contributed by atoms with Gasteiger partial charge in [0.25, 0.3) is 0 Å². The van der Waals surface area contributed by atoms with E-state index < -0.39 is 6.04 Å². The molecular weight excluding hydrogens is 360 g/mol. The van der Waals surface area contributed by atoms with E-state index in [1.54, 1.807) is 24.9 Å². The number of aryl methyl sites for hydroxylation is 2. The molecule has 1 atom stereocenters. The molecule has 0 spiro atoms. The van der Waals surface area contributed by atoms with Crippen molar-refractivity contribution in [1.82, 2.24) is 10.2 Å². The van der Waals surface area contributed by atoms with E-state index in [0.29, 0.717) is 24.4 Å². The molecule has 0 aliphatic rings. The van der Waals surface area contributed by atoms with E-state index in [2.05, 4.69) is 36.5 Å². The van der Waals surface area contributed by atoms with Crippen LogP contribution in [0.4, 0.5) is 0 Å². The zero-order valence-corrected chi connectivity index (χ0v) is 16.9. The zero-order valence-electron chi connectivity index (χ0n) is 16.2. The van der Waals surface area contributed by atoms with Crippen molar-refractivity contribution in [2.45, 2.75) is 45.7 Å². The summed E-state index contributed by atoms with van der Waals surface area (Å²) >= 11 is 6.06. The van der Waals surface area contributed by atoms with Crippen LogP contribution in [0.5, 0.6) is 0 Å². The Labute approximate surface area is 166 Å². The van der Waals surface area contributed by atoms with E-state index in [-0.39, 0.29) is 11.8 Å². The molecule has 0 aromatic heterocycles. The molecule has 0 unspecified atom stereocenters. The molecule has 0 aliphatic carbocycles. The Morgan fingerprint density at radius 1 is 1.07 bits per heavy atom. The molecule has 0 saturated heterocycles. The molecule has 27 heavy (non-hydrogen) atoms. The first kappa shape index (κ1) is 21.0. The summed E-state index contributed by atoms with van der Waals surface area (Å²) in [4.78, 5) is 26.6. The first-order valence-electron chi connectivity index (χ1n) is 9.28. The number of likely N-dealkylation sites (N-methyl/N-ethyl adjacent to an activating group) is 1. The lowest BCUT2D eigenvalue weighted by molar-refractivity contribution is -0.140. The highest BCUT2D eigenvalue weighted by Crippen LogP contribution is 2.16. The number of nitrogens with one attached hydrogen (secondary N) is 1. The van der Waals surface area contributed by atoms with Crippen LogP contribution in [0.1, 0.15) is 37.0 Å². The van der Waals surface area contributed by atoms with E-state index in [1.165, 1.54) is 5.56 Å². The number of rotatable bonds is 8. The molecule has 4 nitrogen and oxygen atoms in total. The number of amides is 2. The standard InChI is InChI=1S/C22H27ClN2O2/c1-4-17-8-10-18(11-9-17)12-13-21(26)25(16(2)22(27)24-3)15-19-6-5-7-20(23)14-19/h5-11,14,16H,4,12-13,15H2,1-3H3,(H,24,27)/t16-/m1/s1. The van der Waals surface area contributed by atoms with Gasteiger partial charge in [-0.05, 0) is 48.6 Å². The summed E-state index contributed by atoms with van der Waals surface area (Å²) < 4.78 is 0. The van der Waals surface area contributed by atoms with Gasteiger partial charge in [-0.15, -0.1) is 0 Å². The van der Waals surface area contributed by atoms with Crippen molar-refractivity contribution in [2.24, 2.45) is 0 Å². The summed E-state index contributed by atoms with van der Waals surface area (Å²) in [7, 11) is 1.58. The third-order valence-electron chi connectivity index (χ3n) is 4.71. The van der Waals surface area contributed by atoms with Gasteiger partial charge in [-0.2, -0.15) is 0 Å². The molecule has 1 N–H and O–H groups in total. The van der Waals surface area contributed by atoms with Crippen LogP contribution in [-0.2, 0) is 29.0 Å². The van der Waals surface area contributed by atoms with E-state index in [0.717, 1.165) is 17.5 Å². The van der Waals surface area contributed by atoms with Crippen LogP contribution in [0.25, 0.3) is 0 Å². The minimum Gasteiger partial charge on any atom is -0.357 e. The Kier molecular flexibility index (Phi) is 7.86. The molecule has 144 valence electrons. The van der Waals surface area contributed by atoms with Gasteiger partial charge in [0.15, 0.2) is 0 Å². The van der Waals surface area contributed by atoms with Crippen molar-refractivity contribution in [2.75, 3.05) is 7.05 Å². The van der Waals surface area contributed by atoms with Crippen LogP contribution in [0.2, 0.25) is 5.02 Å². The summed E-state index contributed by atoms with van der Waals surface area (Å²) in [6, 6.07) is 15.1. The second-order valence-electron chi connectivity index (χ2n) is 6.61. The Bertz CT molecular complexity index is 774. The lowest BCUT2D eigenvalue weighted by Crippen LogP contribution is -2.46. The third kappa shape index (κ3) is 6.10. The molecule has 0 fully saturated rings. The van der Waals surface area contributed by atoms with E-state index in [1.807, 2.05) is 18.2 Å². The second-order valence-corrected chi connectivity index (χ2v) is 7.05. The first-order valence-corrected chi connectivity index (χ1v) is 9.65. The lowest BCUT2D eigenvalue weighted by Gasteiger charge is -2.28. The highest BCUT2D eigenvalue weighted by molar-refractivity contribution is 6.30. The summed E-state index contributed by atoms with van der Waals surface area (Å²) in [5, 5.41) is 3.24. The van der Waals surface area contributed by atoms with Gasteiger partial charge in [-0.3, -0.25) is 9.59 Å². The maximum absolute atomic E-state index is 12.9. The van der Waals surface area contributed by atoms with Crippen molar-refractivity contribution in [3.8, 4) is 0 Å². The summed E-state index contributed by atoms with van der Waals surface area (Å²) in [6.45, 7) is 4.21. The molecule has 2 amide bonds. The van der Waals surface area contributed by atoms with Crippen LogP contribution in [0.15, 0.2) is 48.5 Å².